The first-order chi connectivity index (χ1) is 5.41. The Balaban J connectivity index is 4.40. The summed E-state index contributed by atoms with van der Waals surface area (Å²) in [5, 5.41) is 0. The van der Waals surface area contributed by atoms with Gasteiger partial charge in [0.05, 0.1) is 0 Å². The molecular weight excluding hydrogens is 184 g/mol. The lowest BCUT2D eigenvalue weighted by Crippen LogP contribution is -2.25. The molecule has 69 valence electrons. The zero-order valence-corrected chi connectivity index (χ0v) is 7.08. The molecule has 6 heteroatoms. The molecule has 1 radical (unpaired) electrons. The van der Waals surface area contributed by atoms with Gasteiger partial charge >= 0.3 is 16.1 Å². The zero-order valence-electron chi connectivity index (χ0n) is 6.26. The summed E-state index contributed by atoms with van der Waals surface area (Å²) in [5.74, 6) is -0.915. The summed E-state index contributed by atoms with van der Waals surface area (Å²) in [6.45, 7) is 6.25. The highest BCUT2D eigenvalue weighted by molar-refractivity contribution is 7.86. The summed E-state index contributed by atoms with van der Waals surface area (Å²) in [6.07, 6.45) is 0.548. The predicted octanol–water partition coefficient (Wildman–Crippen LogP) is 0.154. The molecule has 0 aliphatic rings. The normalized spacial score (nSPS) is 13.5. The second-order valence-electron chi connectivity index (χ2n) is 1.87. The minimum Gasteiger partial charge on any atom is -0.440 e. The summed E-state index contributed by atoms with van der Waals surface area (Å²) < 4.78 is 33.5. The van der Waals surface area contributed by atoms with Crippen molar-refractivity contribution in [3.05, 3.63) is 19.6 Å². The van der Waals surface area contributed by atoms with Crippen LogP contribution >= 0.6 is 0 Å². The van der Waals surface area contributed by atoms with E-state index in [1.807, 2.05) is 0 Å². The molecule has 0 aromatic carbocycles. The Morgan fingerprint density at radius 1 is 1.67 bits per heavy atom. The molecule has 0 aliphatic carbocycles. The lowest BCUT2D eigenvalue weighted by molar-refractivity contribution is -0.139. The fourth-order valence-electron chi connectivity index (χ4n) is 0.446. The average Bonchev–Trinajstić information content (AvgIpc) is 1.97. The van der Waals surface area contributed by atoms with Gasteiger partial charge in [0.1, 0.15) is 0 Å². The highest BCUT2D eigenvalue weighted by Crippen LogP contribution is 2.05. The number of hydrogen-bond acceptors (Lipinski definition) is 4. The molecule has 1 atom stereocenters. The van der Waals surface area contributed by atoms with Crippen LogP contribution in [0.25, 0.3) is 0 Å². The predicted molar refractivity (Wildman–Crippen MR) is 41.6 cm³/mol. The van der Waals surface area contributed by atoms with Crippen molar-refractivity contribution < 1.29 is 22.5 Å². The summed E-state index contributed by atoms with van der Waals surface area (Å²) in [4.78, 5) is 10.5. The van der Waals surface area contributed by atoms with Crippen LogP contribution in [-0.4, -0.2) is 24.4 Å². The molecule has 1 N–H and O–H groups in total. The second-order valence-corrected chi connectivity index (χ2v) is 3.43. The third kappa shape index (κ3) is 3.49. The van der Waals surface area contributed by atoms with E-state index in [0.717, 1.165) is 6.08 Å². The van der Waals surface area contributed by atoms with Crippen molar-refractivity contribution in [2.24, 2.45) is 0 Å². The van der Waals surface area contributed by atoms with Crippen LogP contribution in [0, 0.1) is 6.92 Å². The third-order valence-corrected chi connectivity index (χ3v) is 1.98. The Kier molecular flexibility index (Phi) is 3.91. The van der Waals surface area contributed by atoms with Crippen LogP contribution in [0.3, 0.4) is 0 Å². The van der Waals surface area contributed by atoms with E-state index in [9.17, 15) is 13.2 Å². The van der Waals surface area contributed by atoms with Crippen LogP contribution in [0.5, 0.6) is 0 Å². The fraction of sp³-hybridized carbons (Fsp3) is 0.333. The fourth-order valence-corrected chi connectivity index (χ4v) is 0.961. The number of esters is 1. The molecule has 1 unspecified atom stereocenters. The first-order valence-corrected chi connectivity index (χ1v) is 4.50. The molecule has 0 aromatic rings. The van der Waals surface area contributed by atoms with E-state index in [-0.39, 0.29) is 6.42 Å². The largest absolute Gasteiger partial charge is 0.440 e. The number of rotatable bonds is 4. The Hall–Kier alpha value is -0.880. The van der Waals surface area contributed by atoms with Gasteiger partial charge in [-0.15, -0.1) is 0 Å². The highest BCUT2D eigenvalue weighted by atomic mass is 32.2. The van der Waals surface area contributed by atoms with Gasteiger partial charge in [-0.05, 0) is 6.92 Å². The molecule has 0 aliphatic heterocycles. The molecule has 0 amide bonds. The molecule has 12 heavy (non-hydrogen) atoms. The summed E-state index contributed by atoms with van der Waals surface area (Å²) in [6, 6.07) is 0. The van der Waals surface area contributed by atoms with E-state index < -0.39 is 21.5 Å². The van der Waals surface area contributed by atoms with Crippen molar-refractivity contribution in [2.45, 2.75) is 11.9 Å². The van der Waals surface area contributed by atoms with E-state index in [4.69, 9.17) is 4.55 Å². The van der Waals surface area contributed by atoms with Gasteiger partial charge in [0.15, 0.2) is 0 Å². The van der Waals surface area contributed by atoms with E-state index in [1.165, 1.54) is 0 Å². The standard InChI is InChI=1S/C6H9O5S/c1-3-5(7)11-6(4-2)12(8,9)10/h3,6H,1-2,4H2,(H,8,9,10). The van der Waals surface area contributed by atoms with Gasteiger partial charge in [0.2, 0.25) is 5.44 Å². The first-order valence-electron chi connectivity index (χ1n) is 3.00. The quantitative estimate of drug-likeness (QED) is 0.390. The lowest BCUT2D eigenvalue weighted by atomic mass is 10.5. The minimum absolute atomic E-state index is 0.252. The van der Waals surface area contributed by atoms with Crippen molar-refractivity contribution in [1.29, 1.82) is 0 Å². The van der Waals surface area contributed by atoms with E-state index in [1.54, 1.807) is 0 Å². The Bertz CT molecular complexity index is 266. The first kappa shape index (κ1) is 11.1. The number of carbonyl (C=O) groups excluding carboxylic acids is 1. The van der Waals surface area contributed by atoms with Crippen molar-refractivity contribution in [2.75, 3.05) is 0 Å². The lowest BCUT2D eigenvalue weighted by Gasteiger charge is -2.10. The van der Waals surface area contributed by atoms with Gasteiger partial charge in [-0.1, -0.05) is 6.58 Å². The molecule has 0 bridgehead atoms. The maximum Gasteiger partial charge on any atom is 0.331 e. The van der Waals surface area contributed by atoms with Gasteiger partial charge < -0.3 is 4.74 Å². The molecule has 0 heterocycles. The SMILES string of the molecule is [CH2]CC(OC(=O)C=C)S(=O)(=O)O. The van der Waals surface area contributed by atoms with Gasteiger partial charge in [-0.3, -0.25) is 4.55 Å². The molecule has 0 saturated carbocycles. The zero-order chi connectivity index (χ0) is 9.78. The maximum atomic E-state index is 10.5. The monoisotopic (exact) mass is 193 g/mol. The topological polar surface area (TPSA) is 80.7 Å². The smallest absolute Gasteiger partial charge is 0.331 e. The number of hydrogen-bond donors (Lipinski definition) is 1. The molecular formula is C6H9O5S. The van der Waals surface area contributed by atoms with Crippen LogP contribution in [0.1, 0.15) is 6.42 Å². The van der Waals surface area contributed by atoms with E-state index in [0.29, 0.717) is 0 Å². The third-order valence-electron chi connectivity index (χ3n) is 0.982. The Morgan fingerprint density at radius 3 is 2.42 bits per heavy atom. The van der Waals surface area contributed by atoms with Gasteiger partial charge in [-0.25, -0.2) is 4.79 Å². The second kappa shape index (κ2) is 4.22. The number of ether oxygens (including phenoxy) is 1. The number of carbonyl (C=O) groups is 1. The van der Waals surface area contributed by atoms with Crippen LogP contribution < -0.4 is 0 Å². The Labute approximate surface area is 70.8 Å². The van der Waals surface area contributed by atoms with Crippen molar-refractivity contribution >= 4 is 16.1 Å². The van der Waals surface area contributed by atoms with Crippen LogP contribution in [0.2, 0.25) is 0 Å². The Morgan fingerprint density at radius 2 is 2.17 bits per heavy atom. The maximum absolute atomic E-state index is 10.5. The summed E-state index contributed by atoms with van der Waals surface area (Å²) >= 11 is 0. The molecule has 0 aromatic heterocycles. The van der Waals surface area contributed by atoms with Gasteiger partial charge in [-0.2, -0.15) is 8.42 Å². The van der Waals surface area contributed by atoms with Crippen molar-refractivity contribution in [1.82, 2.24) is 0 Å². The van der Waals surface area contributed by atoms with Crippen molar-refractivity contribution in [3.63, 3.8) is 0 Å². The van der Waals surface area contributed by atoms with E-state index in [2.05, 4.69) is 18.2 Å². The van der Waals surface area contributed by atoms with Crippen LogP contribution in [0.4, 0.5) is 0 Å². The molecule has 0 fully saturated rings. The van der Waals surface area contributed by atoms with Gasteiger partial charge in [0.25, 0.3) is 0 Å². The molecule has 5 nitrogen and oxygen atoms in total. The van der Waals surface area contributed by atoms with Gasteiger partial charge in [0, 0.05) is 12.5 Å². The van der Waals surface area contributed by atoms with Crippen LogP contribution in [0.15, 0.2) is 12.7 Å². The van der Waals surface area contributed by atoms with E-state index >= 15 is 0 Å². The molecule has 0 spiro atoms. The molecule has 0 rings (SSSR count). The van der Waals surface area contributed by atoms with Crippen LogP contribution in [-0.2, 0) is 19.6 Å². The summed E-state index contributed by atoms with van der Waals surface area (Å²) in [5.41, 5.74) is -1.61. The molecule has 0 saturated heterocycles. The summed E-state index contributed by atoms with van der Waals surface area (Å²) in [7, 11) is -4.37. The van der Waals surface area contributed by atoms with Crippen molar-refractivity contribution in [3.8, 4) is 0 Å². The average molecular weight is 193 g/mol. The highest BCUT2D eigenvalue weighted by Gasteiger charge is 2.23. The minimum atomic E-state index is -4.37.